The maximum Gasteiger partial charge on any atom is 0.123 e. The minimum Gasteiger partial charge on any atom is -0.326 e. The first kappa shape index (κ1) is 13.7. The van der Waals surface area contributed by atoms with Crippen LogP contribution in [0.4, 0.5) is 0 Å². The van der Waals surface area contributed by atoms with E-state index in [9.17, 15) is 0 Å². The van der Waals surface area contributed by atoms with Gasteiger partial charge in [-0.25, -0.2) is 4.98 Å². The number of rotatable bonds is 3. The first-order valence-electron chi connectivity index (χ1n) is 7.66. The molecule has 0 bridgehead atoms. The Morgan fingerprint density at radius 3 is 2.95 bits per heavy atom. The number of hydrogen-bond acceptors (Lipinski definition) is 3. The summed E-state index contributed by atoms with van der Waals surface area (Å²) in [6, 6.07) is 13.0. The molecule has 4 heteroatoms. The summed E-state index contributed by atoms with van der Waals surface area (Å²) in [6.45, 7) is 6.21. The minimum absolute atomic E-state index is 0.934. The second-order valence-corrected chi connectivity index (χ2v) is 6.90. The molecular weight excluding hydrogens is 290 g/mol. The molecule has 3 nitrogen and oxygen atoms in total. The van der Waals surface area contributed by atoms with E-state index in [1.807, 2.05) is 17.5 Å². The number of thiophene rings is 1. The largest absolute Gasteiger partial charge is 0.326 e. The third-order valence-corrected chi connectivity index (χ3v) is 5.08. The van der Waals surface area contributed by atoms with Crippen LogP contribution < -0.4 is 0 Å². The highest BCUT2D eigenvalue weighted by molar-refractivity contribution is 7.09. The van der Waals surface area contributed by atoms with E-state index < -0.39 is 0 Å². The highest BCUT2D eigenvalue weighted by Gasteiger charge is 2.20. The lowest BCUT2D eigenvalue weighted by Gasteiger charge is -2.28. The molecule has 2 aromatic heterocycles. The third-order valence-electron chi connectivity index (χ3n) is 4.22. The van der Waals surface area contributed by atoms with Gasteiger partial charge >= 0.3 is 0 Å². The van der Waals surface area contributed by atoms with Gasteiger partial charge in [0.05, 0.1) is 18.4 Å². The molecule has 3 aromatic rings. The summed E-state index contributed by atoms with van der Waals surface area (Å²) in [5, 5.41) is 2.15. The molecule has 0 radical (unpaired) electrons. The van der Waals surface area contributed by atoms with Crippen molar-refractivity contribution >= 4 is 11.3 Å². The van der Waals surface area contributed by atoms with E-state index in [-0.39, 0.29) is 0 Å². The Hall–Kier alpha value is -1.91. The minimum atomic E-state index is 0.934. The first-order chi connectivity index (χ1) is 10.8. The lowest BCUT2D eigenvalue weighted by atomic mass is 10.1. The molecule has 1 aliphatic heterocycles. The molecule has 1 aliphatic rings. The second kappa shape index (κ2) is 5.71. The Kier molecular flexibility index (Phi) is 3.56. The van der Waals surface area contributed by atoms with Gasteiger partial charge in [-0.2, -0.15) is 0 Å². The van der Waals surface area contributed by atoms with Crippen molar-refractivity contribution in [1.82, 2.24) is 14.5 Å². The van der Waals surface area contributed by atoms with Gasteiger partial charge < -0.3 is 4.57 Å². The summed E-state index contributed by atoms with van der Waals surface area (Å²) in [4.78, 5) is 8.58. The zero-order valence-corrected chi connectivity index (χ0v) is 13.5. The molecular formula is C18H19N3S. The van der Waals surface area contributed by atoms with Crippen molar-refractivity contribution in [2.45, 2.75) is 26.6 Å². The van der Waals surface area contributed by atoms with Crippen LogP contribution in [0.3, 0.4) is 0 Å². The number of fused-ring (bicyclic) bond motifs is 1. The molecule has 0 aliphatic carbocycles. The zero-order chi connectivity index (χ0) is 14.9. The number of hydrogen-bond donors (Lipinski definition) is 0. The fourth-order valence-electron chi connectivity index (χ4n) is 3.10. The van der Waals surface area contributed by atoms with E-state index in [0.717, 1.165) is 26.2 Å². The predicted octanol–water partition coefficient (Wildman–Crippen LogP) is 3.94. The van der Waals surface area contributed by atoms with Crippen LogP contribution in [0.15, 0.2) is 48.0 Å². The summed E-state index contributed by atoms with van der Waals surface area (Å²) in [5.74, 6) is 1.18. The normalized spacial score (nSPS) is 15.0. The van der Waals surface area contributed by atoms with Gasteiger partial charge in [-0.05, 0) is 24.4 Å². The third kappa shape index (κ3) is 2.60. The number of benzene rings is 1. The SMILES string of the molecule is Cc1cccc(-c2cnc3n2CCN(Cc2cccs2)C3)c1. The number of nitrogens with zero attached hydrogens (tertiary/aromatic N) is 3. The van der Waals surface area contributed by atoms with Crippen molar-refractivity contribution in [3.63, 3.8) is 0 Å². The van der Waals surface area contributed by atoms with Gasteiger partial charge in [0.25, 0.3) is 0 Å². The molecule has 112 valence electrons. The summed E-state index contributed by atoms with van der Waals surface area (Å²) in [5.41, 5.74) is 3.81. The highest BCUT2D eigenvalue weighted by atomic mass is 32.1. The molecule has 22 heavy (non-hydrogen) atoms. The van der Waals surface area contributed by atoms with Gasteiger partial charge in [-0.1, -0.05) is 29.8 Å². The maximum atomic E-state index is 4.67. The van der Waals surface area contributed by atoms with Gasteiger partial charge in [-0.3, -0.25) is 4.90 Å². The van der Waals surface area contributed by atoms with Crippen molar-refractivity contribution in [1.29, 1.82) is 0 Å². The Labute approximate surface area is 134 Å². The summed E-state index contributed by atoms with van der Waals surface area (Å²) >= 11 is 1.83. The lowest BCUT2D eigenvalue weighted by molar-refractivity contribution is 0.211. The highest BCUT2D eigenvalue weighted by Crippen LogP contribution is 2.25. The Balaban J connectivity index is 1.57. The van der Waals surface area contributed by atoms with Crippen LogP contribution in [0.25, 0.3) is 11.3 Å². The Morgan fingerprint density at radius 1 is 1.18 bits per heavy atom. The van der Waals surface area contributed by atoms with Crippen molar-refractivity contribution in [2.75, 3.05) is 6.54 Å². The molecule has 0 amide bonds. The average molecular weight is 309 g/mol. The van der Waals surface area contributed by atoms with E-state index >= 15 is 0 Å². The lowest BCUT2D eigenvalue weighted by Crippen LogP contribution is -2.33. The quantitative estimate of drug-likeness (QED) is 0.731. The molecule has 4 rings (SSSR count). The summed E-state index contributed by atoms with van der Waals surface area (Å²) in [7, 11) is 0. The zero-order valence-electron chi connectivity index (χ0n) is 12.7. The van der Waals surface area contributed by atoms with Crippen LogP contribution in [0, 0.1) is 6.92 Å². The molecule has 0 N–H and O–H groups in total. The molecule has 1 aromatic carbocycles. The van der Waals surface area contributed by atoms with E-state index in [4.69, 9.17) is 0 Å². The Morgan fingerprint density at radius 2 is 2.14 bits per heavy atom. The van der Waals surface area contributed by atoms with Gasteiger partial charge in [-0.15, -0.1) is 11.3 Å². The monoisotopic (exact) mass is 309 g/mol. The molecule has 0 atom stereocenters. The van der Waals surface area contributed by atoms with Crippen molar-refractivity contribution < 1.29 is 0 Å². The van der Waals surface area contributed by atoms with Crippen LogP contribution in [0.1, 0.15) is 16.3 Å². The summed E-state index contributed by atoms with van der Waals surface area (Å²) < 4.78 is 2.37. The van der Waals surface area contributed by atoms with Crippen molar-refractivity contribution in [2.24, 2.45) is 0 Å². The van der Waals surface area contributed by atoms with Gasteiger partial charge in [0, 0.05) is 30.1 Å². The smallest absolute Gasteiger partial charge is 0.123 e. The Bertz CT molecular complexity index is 773. The second-order valence-electron chi connectivity index (χ2n) is 5.87. The fourth-order valence-corrected chi connectivity index (χ4v) is 3.85. The fraction of sp³-hybridized carbons (Fsp3) is 0.278. The van der Waals surface area contributed by atoms with Crippen LogP contribution >= 0.6 is 11.3 Å². The van der Waals surface area contributed by atoms with E-state index in [2.05, 4.69) is 63.2 Å². The number of imidazole rings is 1. The average Bonchev–Trinajstić information content (AvgIpc) is 3.16. The molecule has 0 saturated carbocycles. The maximum absolute atomic E-state index is 4.67. The number of aromatic nitrogens is 2. The molecule has 0 unspecified atom stereocenters. The van der Waals surface area contributed by atoms with Gasteiger partial charge in [0.1, 0.15) is 5.82 Å². The van der Waals surface area contributed by atoms with Gasteiger partial charge in [0.15, 0.2) is 0 Å². The molecule has 0 saturated heterocycles. The molecule has 0 fully saturated rings. The van der Waals surface area contributed by atoms with Crippen LogP contribution in [-0.2, 0) is 19.6 Å². The van der Waals surface area contributed by atoms with Crippen LogP contribution in [-0.4, -0.2) is 21.0 Å². The predicted molar refractivity (Wildman–Crippen MR) is 90.8 cm³/mol. The standard InChI is InChI=1S/C18H19N3S/c1-14-4-2-5-15(10-14)17-11-19-18-13-20(7-8-21(17)18)12-16-6-3-9-22-16/h2-6,9-11H,7-8,12-13H2,1H3. The number of aryl methyl sites for hydroxylation is 1. The van der Waals surface area contributed by atoms with Gasteiger partial charge in [0.2, 0.25) is 0 Å². The van der Waals surface area contributed by atoms with Crippen LogP contribution in [0.5, 0.6) is 0 Å². The first-order valence-corrected chi connectivity index (χ1v) is 8.54. The molecule has 3 heterocycles. The van der Waals surface area contributed by atoms with Crippen molar-refractivity contribution in [3.05, 3.63) is 64.2 Å². The van der Waals surface area contributed by atoms with E-state index in [1.165, 1.54) is 27.5 Å². The molecule has 0 spiro atoms. The summed E-state index contributed by atoms with van der Waals surface area (Å²) in [6.07, 6.45) is 2.03. The topological polar surface area (TPSA) is 21.1 Å². The van der Waals surface area contributed by atoms with E-state index in [0.29, 0.717) is 0 Å². The van der Waals surface area contributed by atoms with Crippen LogP contribution in [0.2, 0.25) is 0 Å². The van der Waals surface area contributed by atoms with Crippen molar-refractivity contribution in [3.8, 4) is 11.3 Å². The van der Waals surface area contributed by atoms with E-state index in [1.54, 1.807) is 0 Å².